The standard InChI is InChI=1S/C24H16Cl6N2O5/c1-36-12-7-8-14(37-2)13(9-12)31-19(33)10-3-5-11(6-4-10)32-20(34)15-16(21(32)35)23(28)18(26)17(25)22(15,27)24(23,29)30/h3-9,15-16H,1-2H3,(H,31,33)/t15-,16-,22-,23-/m1/s1. The first-order chi connectivity index (χ1) is 17.4. The van der Waals surface area contributed by atoms with Gasteiger partial charge in [0, 0.05) is 11.6 Å². The number of rotatable bonds is 5. The molecule has 1 saturated heterocycles. The minimum atomic E-state index is -2.01. The second-order valence-corrected chi connectivity index (χ2v) is 11.9. The lowest BCUT2D eigenvalue weighted by atomic mass is 9.84. The zero-order valence-corrected chi connectivity index (χ0v) is 23.5. The summed E-state index contributed by atoms with van der Waals surface area (Å²) in [6, 6.07) is 10.8. The molecule has 1 saturated carbocycles. The van der Waals surface area contributed by atoms with Crippen LogP contribution in [-0.2, 0) is 9.59 Å². The van der Waals surface area contributed by atoms with Gasteiger partial charge in [-0.3, -0.25) is 14.4 Å². The Kier molecular flexibility index (Phi) is 6.38. The average Bonchev–Trinajstić information content (AvgIpc) is 3.27. The van der Waals surface area contributed by atoms with E-state index >= 15 is 0 Å². The molecule has 2 aliphatic carbocycles. The number of methoxy groups -OCH3 is 2. The molecule has 2 aromatic rings. The summed E-state index contributed by atoms with van der Waals surface area (Å²) < 4.78 is 8.47. The fourth-order valence-electron chi connectivity index (χ4n) is 5.12. The van der Waals surface area contributed by atoms with Crippen molar-refractivity contribution in [1.29, 1.82) is 0 Å². The number of carbonyl (C=O) groups excluding carboxylic acids is 3. The predicted molar refractivity (Wildman–Crippen MR) is 144 cm³/mol. The van der Waals surface area contributed by atoms with E-state index in [4.69, 9.17) is 79.1 Å². The Morgan fingerprint density at radius 2 is 1.41 bits per heavy atom. The van der Waals surface area contributed by atoms with Crippen molar-refractivity contribution in [2.75, 3.05) is 24.4 Å². The molecule has 2 fully saturated rings. The molecule has 1 aliphatic heterocycles. The van der Waals surface area contributed by atoms with Gasteiger partial charge in [-0.2, -0.15) is 0 Å². The number of amides is 3. The number of hydrogen-bond acceptors (Lipinski definition) is 5. The molecule has 3 amide bonds. The van der Waals surface area contributed by atoms with Crippen LogP contribution in [0.15, 0.2) is 52.5 Å². The van der Waals surface area contributed by atoms with Crippen molar-refractivity contribution in [3.05, 3.63) is 58.1 Å². The van der Waals surface area contributed by atoms with Crippen LogP contribution in [-0.4, -0.2) is 46.0 Å². The molecule has 37 heavy (non-hydrogen) atoms. The SMILES string of the molecule is COc1ccc(OC)c(NC(=O)c2ccc(N3C(=O)[C@H]4[C@H](C3=O)[C@@]3(Cl)C(Cl)=C(Cl)[C@@]4(Cl)C3(Cl)Cl)cc2)c1. The van der Waals surface area contributed by atoms with E-state index in [-0.39, 0.29) is 21.3 Å². The molecule has 2 bridgehead atoms. The van der Waals surface area contributed by atoms with Gasteiger partial charge in [-0.15, -0.1) is 23.2 Å². The maximum atomic E-state index is 13.5. The number of benzene rings is 2. The fraction of sp³-hybridized carbons (Fsp3) is 0.292. The lowest BCUT2D eigenvalue weighted by molar-refractivity contribution is -0.123. The molecule has 0 radical (unpaired) electrons. The smallest absolute Gasteiger partial charge is 0.255 e. The Labute approximate surface area is 241 Å². The molecule has 0 spiro atoms. The third-order valence-corrected chi connectivity index (χ3v) is 11.2. The van der Waals surface area contributed by atoms with Crippen LogP contribution < -0.4 is 19.7 Å². The number of ether oxygens (including phenoxy) is 2. The number of carbonyl (C=O) groups is 3. The summed E-state index contributed by atoms with van der Waals surface area (Å²) in [4.78, 5) is 37.0. The van der Waals surface area contributed by atoms with Crippen LogP contribution in [0, 0.1) is 11.8 Å². The van der Waals surface area contributed by atoms with Gasteiger partial charge in [0.05, 0.1) is 47.5 Å². The summed E-state index contributed by atoms with van der Waals surface area (Å²) in [5.74, 6) is -3.34. The molecular weight excluding hydrogens is 609 g/mol. The average molecular weight is 625 g/mol. The normalized spacial score (nSPS) is 29.6. The van der Waals surface area contributed by atoms with E-state index in [9.17, 15) is 14.4 Å². The van der Waals surface area contributed by atoms with Gasteiger partial charge in [-0.05, 0) is 36.4 Å². The van der Waals surface area contributed by atoms with Gasteiger partial charge in [-0.25, -0.2) is 4.90 Å². The van der Waals surface area contributed by atoms with Crippen LogP contribution in [0.4, 0.5) is 11.4 Å². The second-order valence-electron chi connectivity index (χ2n) is 8.66. The highest BCUT2D eigenvalue weighted by molar-refractivity contribution is 6.67. The summed E-state index contributed by atoms with van der Waals surface area (Å²) in [5.41, 5.74) is 0.849. The lowest BCUT2D eigenvalue weighted by Gasteiger charge is -2.34. The van der Waals surface area contributed by atoms with E-state index in [1.165, 1.54) is 38.5 Å². The fourth-order valence-corrected chi connectivity index (χ4v) is 8.05. The van der Waals surface area contributed by atoms with Crippen molar-refractivity contribution in [2.45, 2.75) is 14.1 Å². The molecule has 194 valence electrons. The van der Waals surface area contributed by atoms with Crippen LogP contribution in [0.5, 0.6) is 11.5 Å². The summed E-state index contributed by atoms with van der Waals surface area (Å²) in [7, 11) is 2.98. The summed E-state index contributed by atoms with van der Waals surface area (Å²) in [6.45, 7) is 0. The highest BCUT2D eigenvalue weighted by atomic mass is 35.5. The number of hydrogen-bond donors (Lipinski definition) is 1. The topological polar surface area (TPSA) is 84.9 Å². The maximum Gasteiger partial charge on any atom is 0.255 e. The van der Waals surface area contributed by atoms with Gasteiger partial charge in [0.15, 0.2) is 4.33 Å². The quantitative estimate of drug-likeness (QED) is 0.330. The Hall–Kier alpha value is -1.87. The third-order valence-electron chi connectivity index (χ3n) is 6.95. The minimum Gasteiger partial charge on any atom is -0.497 e. The summed E-state index contributed by atoms with van der Waals surface area (Å²) in [6.07, 6.45) is 0. The molecule has 7 nitrogen and oxygen atoms in total. The van der Waals surface area contributed by atoms with Crippen LogP contribution in [0.3, 0.4) is 0 Å². The van der Waals surface area contributed by atoms with Gasteiger partial charge in [-0.1, -0.05) is 46.4 Å². The van der Waals surface area contributed by atoms with Crippen LogP contribution in [0.2, 0.25) is 0 Å². The molecule has 1 heterocycles. The first kappa shape index (κ1) is 26.7. The van der Waals surface area contributed by atoms with Crippen LogP contribution >= 0.6 is 69.6 Å². The van der Waals surface area contributed by atoms with E-state index in [1.807, 2.05) is 0 Å². The zero-order chi connectivity index (χ0) is 27.1. The van der Waals surface area contributed by atoms with Crippen molar-refractivity contribution in [3.63, 3.8) is 0 Å². The number of allylic oxidation sites excluding steroid dienone is 2. The third kappa shape index (κ3) is 3.31. The number of nitrogens with one attached hydrogen (secondary N) is 1. The van der Waals surface area contributed by atoms with E-state index in [0.717, 1.165) is 4.90 Å². The summed E-state index contributed by atoms with van der Waals surface area (Å²) in [5, 5.41) is 2.42. The summed E-state index contributed by atoms with van der Waals surface area (Å²) >= 11 is 39.1. The molecule has 2 aromatic carbocycles. The first-order valence-corrected chi connectivity index (χ1v) is 13.0. The van der Waals surface area contributed by atoms with Crippen molar-refractivity contribution in [1.82, 2.24) is 0 Å². The molecule has 13 heteroatoms. The Bertz CT molecular complexity index is 1350. The molecule has 5 rings (SSSR count). The number of alkyl halides is 4. The Morgan fingerprint density at radius 1 is 0.865 bits per heavy atom. The second kappa shape index (κ2) is 8.83. The zero-order valence-electron chi connectivity index (χ0n) is 19.0. The maximum absolute atomic E-state index is 13.5. The predicted octanol–water partition coefficient (Wildman–Crippen LogP) is 5.91. The molecule has 0 aromatic heterocycles. The molecule has 0 unspecified atom stereocenters. The number of fused-ring (bicyclic) bond motifs is 5. The molecular formula is C24H16Cl6N2O5. The molecule has 1 N–H and O–H groups in total. The van der Waals surface area contributed by atoms with Crippen molar-refractivity contribution < 1.29 is 23.9 Å². The van der Waals surface area contributed by atoms with E-state index in [1.54, 1.807) is 18.2 Å². The Morgan fingerprint density at radius 3 is 1.89 bits per heavy atom. The Balaban J connectivity index is 1.43. The highest BCUT2D eigenvalue weighted by Gasteiger charge is 2.87. The van der Waals surface area contributed by atoms with E-state index in [2.05, 4.69) is 5.32 Å². The van der Waals surface area contributed by atoms with Gasteiger partial charge < -0.3 is 14.8 Å². The van der Waals surface area contributed by atoms with E-state index < -0.39 is 43.6 Å². The minimum absolute atomic E-state index is 0.167. The van der Waals surface area contributed by atoms with Crippen molar-refractivity contribution in [2.24, 2.45) is 11.8 Å². The first-order valence-electron chi connectivity index (χ1n) is 10.7. The van der Waals surface area contributed by atoms with Gasteiger partial charge >= 0.3 is 0 Å². The largest absolute Gasteiger partial charge is 0.497 e. The number of anilines is 2. The van der Waals surface area contributed by atoms with Gasteiger partial charge in [0.1, 0.15) is 21.2 Å². The van der Waals surface area contributed by atoms with Gasteiger partial charge in [0.2, 0.25) is 11.8 Å². The lowest BCUT2D eigenvalue weighted by Crippen LogP contribution is -2.50. The van der Waals surface area contributed by atoms with E-state index in [0.29, 0.717) is 17.2 Å². The number of imide groups is 1. The van der Waals surface area contributed by atoms with Crippen LogP contribution in [0.1, 0.15) is 10.4 Å². The van der Waals surface area contributed by atoms with Crippen molar-refractivity contribution >= 4 is 98.7 Å². The number of halogens is 6. The highest BCUT2D eigenvalue weighted by Crippen LogP contribution is 2.77. The van der Waals surface area contributed by atoms with Crippen LogP contribution in [0.25, 0.3) is 0 Å². The molecule has 3 aliphatic rings. The molecule has 4 atom stereocenters. The van der Waals surface area contributed by atoms with Crippen molar-refractivity contribution in [3.8, 4) is 11.5 Å². The van der Waals surface area contributed by atoms with Gasteiger partial charge in [0.25, 0.3) is 5.91 Å². The monoisotopic (exact) mass is 622 g/mol. The number of nitrogens with zero attached hydrogens (tertiary/aromatic N) is 1.